The van der Waals surface area contributed by atoms with E-state index in [0.717, 1.165) is 6.07 Å². The number of amides is 1. The van der Waals surface area contributed by atoms with E-state index in [0.29, 0.717) is 30.4 Å². The Morgan fingerprint density at radius 1 is 1.24 bits per heavy atom. The first kappa shape index (κ1) is 19.9. The van der Waals surface area contributed by atoms with Crippen LogP contribution in [0.3, 0.4) is 0 Å². The molecule has 140 valence electrons. The Morgan fingerprint density at radius 3 is 2.36 bits per heavy atom. The molecule has 0 spiro atoms. The molecule has 0 atom stereocenters. The maximum atomic E-state index is 13.2. The number of rotatable bonds is 2. The van der Waals surface area contributed by atoms with Crippen molar-refractivity contribution in [3.63, 3.8) is 0 Å². The van der Waals surface area contributed by atoms with Gasteiger partial charge < -0.3 is 15.0 Å². The summed E-state index contributed by atoms with van der Waals surface area (Å²) in [7, 11) is 0. The summed E-state index contributed by atoms with van der Waals surface area (Å²) in [6, 6.07) is 3.94. The van der Waals surface area contributed by atoms with E-state index in [9.17, 15) is 18.0 Å². The zero-order chi connectivity index (χ0) is 18.8. The predicted octanol–water partition coefficient (Wildman–Crippen LogP) is 5.28. The molecule has 0 radical (unpaired) electrons. The maximum absolute atomic E-state index is 13.2. The Bertz CT molecular complexity index is 621. The molecule has 1 saturated heterocycles. The van der Waals surface area contributed by atoms with E-state index in [1.54, 1.807) is 31.7 Å². The fraction of sp³-hybridized carbons (Fsp3) is 0.588. The van der Waals surface area contributed by atoms with Crippen molar-refractivity contribution in [2.45, 2.75) is 51.4 Å². The van der Waals surface area contributed by atoms with E-state index >= 15 is 0 Å². The van der Waals surface area contributed by atoms with E-state index in [4.69, 9.17) is 4.74 Å². The van der Waals surface area contributed by atoms with Crippen molar-refractivity contribution in [1.29, 1.82) is 0 Å². The molecule has 1 aromatic carbocycles. The van der Waals surface area contributed by atoms with Crippen LogP contribution in [-0.4, -0.2) is 35.7 Å². The van der Waals surface area contributed by atoms with E-state index in [1.165, 1.54) is 6.07 Å². The summed E-state index contributed by atoms with van der Waals surface area (Å²) in [5.41, 5.74) is -1.20. The minimum Gasteiger partial charge on any atom is -0.444 e. The predicted molar refractivity (Wildman–Crippen MR) is 93.6 cm³/mol. The van der Waals surface area contributed by atoms with Gasteiger partial charge in [0.25, 0.3) is 0 Å². The van der Waals surface area contributed by atoms with Crippen LogP contribution in [0.25, 0.3) is 0 Å². The Kier molecular flexibility index (Phi) is 5.91. The Hall–Kier alpha value is -1.44. The first-order valence-corrected chi connectivity index (χ1v) is 8.86. The van der Waals surface area contributed by atoms with Gasteiger partial charge in [0.15, 0.2) is 0 Å². The summed E-state index contributed by atoms with van der Waals surface area (Å²) in [5, 5.41) is 2.97. The van der Waals surface area contributed by atoms with E-state index in [2.05, 4.69) is 21.2 Å². The zero-order valence-electron chi connectivity index (χ0n) is 14.4. The number of carbonyl (C=O) groups excluding carboxylic acids is 1. The standard InChI is InChI=1S/C17H22BrF3N2O2/c1-16(2,3)25-15(24)23-8-6-12(7-9-23)22-14-5-4-11(18)10-13(14)17(19,20)21/h4-5,10,12,22H,6-9H2,1-3H3. The molecule has 1 amide bonds. The number of benzene rings is 1. The highest BCUT2D eigenvalue weighted by molar-refractivity contribution is 9.10. The molecule has 1 heterocycles. The van der Waals surface area contributed by atoms with Crippen LogP contribution in [0.5, 0.6) is 0 Å². The van der Waals surface area contributed by atoms with Crippen molar-refractivity contribution < 1.29 is 22.7 Å². The minimum atomic E-state index is -4.43. The van der Waals surface area contributed by atoms with Gasteiger partial charge in [-0.15, -0.1) is 0 Å². The van der Waals surface area contributed by atoms with Crippen LogP contribution in [0.15, 0.2) is 22.7 Å². The van der Waals surface area contributed by atoms with E-state index in [1.807, 2.05) is 0 Å². The highest BCUT2D eigenvalue weighted by Crippen LogP contribution is 2.37. The molecule has 1 N–H and O–H groups in total. The van der Waals surface area contributed by atoms with Crippen LogP contribution >= 0.6 is 15.9 Å². The molecule has 1 aromatic rings. The second-order valence-corrected chi connectivity index (χ2v) is 7.99. The van der Waals surface area contributed by atoms with Gasteiger partial charge >= 0.3 is 12.3 Å². The number of nitrogens with one attached hydrogen (secondary N) is 1. The number of ether oxygens (including phenoxy) is 1. The summed E-state index contributed by atoms with van der Waals surface area (Å²) < 4.78 is 45.2. The summed E-state index contributed by atoms with van der Waals surface area (Å²) in [5.74, 6) is 0. The monoisotopic (exact) mass is 422 g/mol. The number of anilines is 1. The van der Waals surface area contributed by atoms with Gasteiger partial charge in [-0.25, -0.2) is 4.79 Å². The summed E-state index contributed by atoms with van der Waals surface area (Å²) in [6.45, 7) is 6.29. The molecule has 2 rings (SSSR count). The topological polar surface area (TPSA) is 41.6 Å². The van der Waals surface area contributed by atoms with Gasteiger partial charge in [0.2, 0.25) is 0 Å². The quantitative estimate of drug-likeness (QED) is 0.704. The van der Waals surface area contributed by atoms with Gasteiger partial charge in [-0.1, -0.05) is 15.9 Å². The van der Waals surface area contributed by atoms with Crippen molar-refractivity contribution >= 4 is 27.7 Å². The third-order valence-electron chi connectivity index (χ3n) is 3.79. The van der Waals surface area contributed by atoms with Gasteiger partial charge in [-0.05, 0) is 51.8 Å². The first-order valence-electron chi connectivity index (χ1n) is 8.07. The van der Waals surface area contributed by atoms with Gasteiger partial charge in [-0.3, -0.25) is 0 Å². The molecule has 25 heavy (non-hydrogen) atoms. The lowest BCUT2D eigenvalue weighted by atomic mass is 10.0. The highest BCUT2D eigenvalue weighted by atomic mass is 79.9. The molecule has 0 saturated carbocycles. The Labute approximate surface area is 153 Å². The van der Waals surface area contributed by atoms with E-state index in [-0.39, 0.29) is 17.8 Å². The number of piperidine rings is 1. The largest absolute Gasteiger partial charge is 0.444 e. The number of carbonyl (C=O) groups is 1. The second-order valence-electron chi connectivity index (χ2n) is 7.07. The fourth-order valence-corrected chi connectivity index (χ4v) is 2.99. The smallest absolute Gasteiger partial charge is 0.418 e. The molecule has 1 fully saturated rings. The fourth-order valence-electron chi connectivity index (χ4n) is 2.63. The molecule has 0 aromatic heterocycles. The van der Waals surface area contributed by atoms with Crippen molar-refractivity contribution in [1.82, 2.24) is 4.90 Å². The van der Waals surface area contributed by atoms with Crippen molar-refractivity contribution in [3.8, 4) is 0 Å². The van der Waals surface area contributed by atoms with Crippen molar-refractivity contribution in [3.05, 3.63) is 28.2 Å². The molecular formula is C17H22BrF3N2O2. The van der Waals surface area contributed by atoms with Gasteiger partial charge in [-0.2, -0.15) is 13.2 Å². The maximum Gasteiger partial charge on any atom is 0.418 e. The minimum absolute atomic E-state index is 0.0615. The lowest BCUT2D eigenvalue weighted by Crippen LogP contribution is -2.44. The molecule has 0 unspecified atom stereocenters. The average Bonchev–Trinajstić information content (AvgIpc) is 2.47. The number of hydrogen-bond donors (Lipinski definition) is 1. The molecule has 0 aliphatic carbocycles. The summed E-state index contributed by atoms with van der Waals surface area (Å²) >= 11 is 3.08. The number of nitrogens with zero attached hydrogens (tertiary/aromatic N) is 1. The first-order chi connectivity index (χ1) is 11.5. The molecular weight excluding hydrogens is 401 g/mol. The van der Waals surface area contributed by atoms with Crippen LogP contribution in [0.2, 0.25) is 0 Å². The summed E-state index contributed by atoms with van der Waals surface area (Å²) in [6.07, 6.45) is -3.69. The van der Waals surface area contributed by atoms with Crippen molar-refractivity contribution in [2.75, 3.05) is 18.4 Å². The molecule has 4 nitrogen and oxygen atoms in total. The number of likely N-dealkylation sites (tertiary alicyclic amines) is 1. The third-order valence-corrected chi connectivity index (χ3v) is 4.29. The van der Waals surface area contributed by atoms with Crippen LogP contribution in [0.1, 0.15) is 39.2 Å². The van der Waals surface area contributed by atoms with Gasteiger partial charge in [0.05, 0.1) is 5.56 Å². The lowest BCUT2D eigenvalue weighted by molar-refractivity contribution is -0.137. The van der Waals surface area contributed by atoms with Crippen LogP contribution in [-0.2, 0) is 10.9 Å². The average molecular weight is 423 g/mol. The molecule has 1 aliphatic rings. The Balaban J connectivity index is 1.98. The zero-order valence-corrected chi connectivity index (χ0v) is 16.0. The normalized spacial score (nSPS) is 16.7. The number of hydrogen-bond acceptors (Lipinski definition) is 3. The van der Waals surface area contributed by atoms with Crippen LogP contribution in [0.4, 0.5) is 23.7 Å². The van der Waals surface area contributed by atoms with Crippen LogP contribution < -0.4 is 5.32 Å². The molecule has 1 aliphatic heterocycles. The SMILES string of the molecule is CC(C)(C)OC(=O)N1CCC(Nc2ccc(Br)cc2C(F)(F)F)CC1. The second kappa shape index (κ2) is 7.43. The number of alkyl halides is 3. The van der Waals surface area contributed by atoms with E-state index < -0.39 is 17.3 Å². The molecule has 8 heteroatoms. The Morgan fingerprint density at radius 2 is 1.84 bits per heavy atom. The van der Waals surface area contributed by atoms with Gasteiger partial charge in [0.1, 0.15) is 5.60 Å². The molecule has 0 bridgehead atoms. The summed E-state index contributed by atoms with van der Waals surface area (Å²) in [4.78, 5) is 13.6. The third kappa shape index (κ3) is 5.80. The van der Waals surface area contributed by atoms with Crippen LogP contribution in [0, 0.1) is 0 Å². The lowest BCUT2D eigenvalue weighted by Gasteiger charge is -2.34. The number of halogens is 4. The van der Waals surface area contributed by atoms with Crippen molar-refractivity contribution in [2.24, 2.45) is 0 Å². The highest BCUT2D eigenvalue weighted by Gasteiger charge is 2.35. The van der Waals surface area contributed by atoms with Gasteiger partial charge in [0, 0.05) is 29.3 Å².